The van der Waals surface area contributed by atoms with E-state index < -0.39 is 16.4 Å². The summed E-state index contributed by atoms with van der Waals surface area (Å²) in [6, 6.07) is 0. The third kappa shape index (κ3) is 6.68. The van der Waals surface area contributed by atoms with E-state index in [0.29, 0.717) is 0 Å². The van der Waals surface area contributed by atoms with Gasteiger partial charge in [0.25, 0.3) is 0 Å². The van der Waals surface area contributed by atoms with Gasteiger partial charge in [0, 0.05) is 5.92 Å². The SMILES string of the molecule is C[C@H](C=O)[C@@H](/C=C/[Si](C)(C)C)O[Si](C)(C)C(C)(C)C. The van der Waals surface area contributed by atoms with Crippen molar-refractivity contribution in [2.75, 3.05) is 0 Å². The predicted octanol–water partition coefficient (Wildman–Crippen LogP) is 4.65. The summed E-state index contributed by atoms with van der Waals surface area (Å²) in [5.74, 6) is -0.0817. The second-order valence-electron chi connectivity index (χ2n) is 8.06. The average Bonchev–Trinajstić information content (AvgIpc) is 2.20. The van der Waals surface area contributed by atoms with Gasteiger partial charge in [-0.1, -0.05) is 59.1 Å². The molecule has 19 heavy (non-hydrogen) atoms. The summed E-state index contributed by atoms with van der Waals surface area (Å²) in [4.78, 5) is 11.1. The molecule has 0 N–H and O–H groups in total. The Bertz CT molecular complexity index is 322. The van der Waals surface area contributed by atoms with Gasteiger partial charge in [-0.3, -0.25) is 0 Å². The number of hydrogen-bond donors (Lipinski definition) is 0. The van der Waals surface area contributed by atoms with Crippen LogP contribution in [0.2, 0.25) is 37.8 Å². The quantitative estimate of drug-likeness (QED) is 0.527. The molecule has 0 heterocycles. The molecule has 112 valence electrons. The van der Waals surface area contributed by atoms with Crippen molar-refractivity contribution in [3.63, 3.8) is 0 Å². The molecule has 4 heteroatoms. The lowest BCUT2D eigenvalue weighted by molar-refractivity contribution is -0.112. The third-order valence-electron chi connectivity index (χ3n) is 3.76. The van der Waals surface area contributed by atoms with Gasteiger partial charge in [-0.15, -0.1) is 0 Å². The van der Waals surface area contributed by atoms with Gasteiger partial charge < -0.3 is 9.22 Å². The van der Waals surface area contributed by atoms with E-state index in [1.807, 2.05) is 6.92 Å². The van der Waals surface area contributed by atoms with Gasteiger partial charge in [0.05, 0.1) is 14.2 Å². The highest BCUT2D eigenvalue weighted by Gasteiger charge is 2.39. The lowest BCUT2D eigenvalue weighted by Crippen LogP contribution is -2.45. The molecule has 0 amide bonds. The molecular formula is C15H32O2Si2. The van der Waals surface area contributed by atoms with E-state index in [1.165, 1.54) is 0 Å². The number of carbonyl (C=O) groups is 1. The van der Waals surface area contributed by atoms with Gasteiger partial charge >= 0.3 is 0 Å². The molecule has 2 nitrogen and oxygen atoms in total. The van der Waals surface area contributed by atoms with Crippen LogP contribution in [0.4, 0.5) is 0 Å². The molecule has 0 spiro atoms. The van der Waals surface area contributed by atoms with Crippen LogP contribution < -0.4 is 0 Å². The van der Waals surface area contributed by atoms with Gasteiger partial charge in [-0.05, 0) is 18.1 Å². The van der Waals surface area contributed by atoms with E-state index in [-0.39, 0.29) is 17.1 Å². The van der Waals surface area contributed by atoms with Crippen LogP contribution in [0.15, 0.2) is 11.8 Å². The molecule has 0 aromatic heterocycles. The van der Waals surface area contributed by atoms with Crippen molar-refractivity contribution in [2.45, 2.75) is 71.6 Å². The largest absolute Gasteiger partial charge is 0.410 e. The van der Waals surface area contributed by atoms with E-state index in [4.69, 9.17) is 4.43 Å². The first-order valence-corrected chi connectivity index (χ1v) is 13.6. The Labute approximate surface area is 121 Å². The molecule has 0 radical (unpaired) electrons. The topological polar surface area (TPSA) is 26.3 Å². The number of rotatable bonds is 6. The molecule has 0 aliphatic heterocycles. The smallest absolute Gasteiger partial charge is 0.192 e. The Morgan fingerprint density at radius 3 is 1.84 bits per heavy atom. The second-order valence-corrected chi connectivity index (χ2v) is 17.9. The summed E-state index contributed by atoms with van der Waals surface area (Å²) in [5, 5.41) is 0.168. The van der Waals surface area contributed by atoms with Crippen LogP contribution in [0.25, 0.3) is 0 Å². The fraction of sp³-hybridized carbons (Fsp3) is 0.800. The van der Waals surface area contributed by atoms with Gasteiger partial charge in [0.1, 0.15) is 6.29 Å². The first kappa shape index (κ1) is 18.8. The van der Waals surface area contributed by atoms with Crippen LogP contribution in [0.1, 0.15) is 27.7 Å². The summed E-state index contributed by atoms with van der Waals surface area (Å²) in [5.41, 5.74) is 2.28. The van der Waals surface area contributed by atoms with Gasteiger partial charge in [0.2, 0.25) is 0 Å². The normalized spacial score (nSPS) is 17.5. The minimum Gasteiger partial charge on any atom is -0.410 e. The fourth-order valence-electron chi connectivity index (χ4n) is 1.30. The highest BCUT2D eigenvalue weighted by Crippen LogP contribution is 2.38. The number of aldehydes is 1. The molecule has 0 fully saturated rings. The van der Waals surface area contributed by atoms with Crippen LogP contribution in [-0.4, -0.2) is 28.8 Å². The van der Waals surface area contributed by atoms with Crippen LogP contribution in [0, 0.1) is 5.92 Å². The highest BCUT2D eigenvalue weighted by atomic mass is 28.4. The summed E-state index contributed by atoms with van der Waals surface area (Å²) >= 11 is 0. The van der Waals surface area contributed by atoms with Crippen molar-refractivity contribution in [2.24, 2.45) is 5.92 Å². The molecule has 0 bridgehead atoms. The Morgan fingerprint density at radius 2 is 1.53 bits per heavy atom. The molecule has 0 saturated heterocycles. The Balaban J connectivity index is 5.10. The second kappa shape index (κ2) is 6.50. The van der Waals surface area contributed by atoms with Crippen molar-refractivity contribution < 1.29 is 9.22 Å². The van der Waals surface area contributed by atoms with Gasteiger partial charge in [0.15, 0.2) is 8.32 Å². The van der Waals surface area contributed by atoms with Crippen LogP contribution in [-0.2, 0) is 9.22 Å². The first-order valence-electron chi connectivity index (χ1n) is 7.12. The minimum absolute atomic E-state index is 0.0786. The third-order valence-corrected chi connectivity index (χ3v) is 9.42. The van der Waals surface area contributed by atoms with Crippen molar-refractivity contribution in [1.29, 1.82) is 0 Å². The molecule has 0 aliphatic rings. The van der Waals surface area contributed by atoms with Crippen LogP contribution in [0.3, 0.4) is 0 Å². The van der Waals surface area contributed by atoms with Crippen molar-refractivity contribution in [3.05, 3.63) is 11.8 Å². The minimum atomic E-state index is -1.84. The number of hydrogen-bond acceptors (Lipinski definition) is 2. The Hall–Kier alpha value is -0.196. The van der Waals surface area contributed by atoms with Gasteiger partial charge in [-0.25, -0.2) is 0 Å². The maximum atomic E-state index is 11.1. The molecule has 0 aromatic carbocycles. The molecular weight excluding hydrogens is 268 g/mol. The zero-order valence-electron chi connectivity index (χ0n) is 14.2. The molecule has 2 atom stereocenters. The predicted molar refractivity (Wildman–Crippen MR) is 89.8 cm³/mol. The van der Waals surface area contributed by atoms with Crippen molar-refractivity contribution in [3.8, 4) is 0 Å². The maximum Gasteiger partial charge on any atom is 0.192 e. The lowest BCUT2D eigenvalue weighted by Gasteiger charge is -2.39. The van der Waals surface area contributed by atoms with Gasteiger partial charge in [-0.2, -0.15) is 0 Å². The van der Waals surface area contributed by atoms with Crippen molar-refractivity contribution >= 4 is 22.7 Å². The first-order chi connectivity index (χ1) is 8.30. The maximum absolute atomic E-state index is 11.1. The highest BCUT2D eigenvalue weighted by molar-refractivity contribution is 6.81. The molecule has 0 saturated carbocycles. The van der Waals surface area contributed by atoms with Crippen LogP contribution >= 0.6 is 0 Å². The number of carbonyl (C=O) groups excluding carboxylic acids is 1. The molecule has 0 rings (SSSR count). The van der Waals surface area contributed by atoms with Crippen molar-refractivity contribution in [1.82, 2.24) is 0 Å². The van der Waals surface area contributed by atoms with E-state index in [0.717, 1.165) is 6.29 Å². The summed E-state index contributed by atoms with van der Waals surface area (Å²) in [7, 11) is -3.10. The molecule has 0 aromatic rings. The van der Waals surface area contributed by atoms with E-state index in [1.54, 1.807) is 0 Å². The fourth-order valence-corrected chi connectivity index (χ4v) is 3.39. The summed E-state index contributed by atoms with van der Waals surface area (Å²) in [6.45, 7) is 20.0. The zero-order valence-corrected chi connectivity index (χ0v) is 16.2. The Morgan fingerprint density at radius 1 is 1.05 bits per heavy atom. The lowest BCUT2D eigenvalue weighted by atomic mass is 10.1. The average molecular weight is 301 g/mol. The van der Waals surface area contributed by atoms with E-state index in [9.17, 15) is 4.79 Å². The van der Waals surface area contributed by atoms with E-state index in [2.05, 4.69) is 65.3 Å². The molecule has 0 unspecified atom stereocenters. The summed E-state index contributed by atoms with van der Waals surface area (Å²) < 4.78 is 6.39. The van der Waals surface area contributed by atoms with E-state index >= 15 is 0 Å². The Kier molecular flexibility index (Phi) is 6.44. The molecule has 0 aliphatic carbocycles. The van der Waals surface area contributed by atoms with Crippen LogP contribution in [0.5, 0.6) is 0 Å². The monoisotopic (exact) mass is 300 g/mol. The standard InChI is InChI=1S/C15H32O2Si2/c1-13(12-16)14(10-11-18(5,6)7)17-19(8,9)15(2,3)4/h10-14H,1-9H3/b11-10+/t13-,14-/m1/s1. The zero-order chi connectivity index (χ0) is 15.5. The summed E-state index contributed by atoms with van der Waals surface area (Å²) in [6.07, 6.45) is 3.06.